The number of hydrogen-bond acceptors (Lipinski definition) is 3. The number of benzene rings is 2. The van der Waals surface area contributed by atoms with Gasteiger partial charge in [0.15, 0.2) is 5.00 Å². The fourth-order valence-electron chi connectivity index (χ4n) is 2.89. The summed E-state index contributed by atoms with van der Waals surface area (Å²) in [5.74, 6) is -0.191. The van der Waals surface area contributed by atoms with Crippen molar-refractivity contribution in [2.45, 2.75) is 29.7 Å². The zero-order chi connectivity index (χ0) is 17.5. The lowest BCUT2D eigenvalue weighted by atomic mass is 9.92. The molecular formula is C18H16F2NOPS. The molecule has 1 heterocycles. The van der Waals surface area contributed by atoms with Gasteiger partial charge in [0.1, 0.15) is 23.4 Å². The van der Waals surface area contributed by atoms with Crippen LogP contribution in [0.3, 0.4) is 0 Å². The Morgan fingerprint density at radius 2 is 2.12 bits per heavy atom. The highest BCUT2D eigenvalue weighted by molar-refractivity contribution is 8.01. The maximum Gasteiger partial charge on any atom is 0.170 e. The average molecular weight is 363 g/mol. The quantitative estimate of drug-likeness (QED) is 0.671. The van der Waals surface area contributed by atoms with Crippen LogP contribution in [0.4, 0.5) is 8.78 Å². The first-order chi connectivity index (χ1) is 11.4. The maximum atomic E-state index is 15.0. The number of rotatable bonds is 3. The second-order valence-electron chi connectivity index (χ2n) is 5.84. The molecule has 0 bridgehead atoms. The van der Waals surface area contributed by atoms with Crippen LogP contribution in [0.2, 0.25) is 0 Å². The van der Waals surface area contributed by atoms with E-state index in [-0.39, 0.29) is 6.16 Å². The average Bonchev–Trinajstić information content (AvgIpc) is 2.79. The molecule has 1 aliphatic heterocycles. The summed E-state index contributed by atoms with van der Waals surface area (Å²) in [6, 6.07) is 9.90. The third-order valence-corrected chi connectivity index (χ3v) is 6.49. The number of thioether (sulfide) groups is 1. The first kappa shape index (κ1) is 17.2. The smallest absolute Gasteiger partial charge is 0.170 e. The number of halogens is 2. The van der Waals surface area contributed by atoms with Crippen LogP contribution in [0.1, 0.15) is 29.5 Å². The summed E-state index contributed by atoms with van der Waals surface area (Å²) in [5.41, 5.74) is 1.70. The van der Waals surface area contributed by atoms with E-state index in [0.717, 1.165) is 22.2 Å². The van der Waals surface area contributed by atoms with Crippen molar-refractivity contribution in [1.29, 1.82) is 5.26 Å². The fourth-order valence-corrected chi connectivity index (χ4v) is 4.77. The molecule has 0 radical (unpaired) electrons. The number of fused-ring (bicyclic) bond motifs is 1. The van der Waals surface area contributed by atoms with Gasteiger partial charge >= 0.3 is 0 Å². The second-order valence-corrected chi connectivity index (χ2v) is 7.57. The molecule has 0 fully saturated rings. The first-order valence-electron chi connectivity index (χ1n) is 7.48. The van der Waals surface area contributed by atoms with Crippen LogP contribution < -0.4 is 4.74 Å². The molecule has 0 aliphatic carbocycles. The molecule has 2 aromatic rings. The van der Waals surface area contributed by atoms with E-state index in [1.807, 2.05) is 0 Å². The van der Waals surface area contributed by atoms with Gasteiger partial charge in [-0.3, -0.25) is 0 Å². The van der Waals surface area contributed by atoms with E-state index in [4.69, 9.17) is 4.74 Å². The van der Waals surface area contributed by atoms with Crippen molar-refractivity contribution in [3.8, 4) is 17.6 Å². The Morgan fingerprint density at radius 3 is 2.75 bits per heavy atom. The molecule has 0 saturated carbocycles. The Hall–Kier alpha value is -1.63. The summed E-state index contributed by atoms with van der Waals surface area (Å²) in [6.07, 6.45) is 0.275. The molecule has 0 amide bonds. The third-order valence-electron chi connectivity index (χ3n) is 4.16. The lowest BCUT2D eigenvalue weighted by molar-refractivity contribution is 0.285. The number of ether oxygens (including phenoxy) is 1. The van der Waals surface area contributed by atoms with Crippen LogP contribution in [-0.4, -0.2) is 11.2 Å². The highest BCUT2D eigenvalue weighted by Crippen LogP contribution is 2.57. The van der Waals surface area contributed by atoms with Crippen LogP contribution in [0, 0.1) is 24.1 Å². The molecule has 2 aromatic carbocycles. The molecule has 24 heavy (non-hydrogen) atoms. The Balaban J connectivity index is 2.05. The van der Waals surface area contributed by atoms with Crippen molar-refractivity contribution in [2.24, 2.45) is 0 Å². The molecule has 0 N–H and O–H groups in total. The molecular weight excluding hydrogens is 347 g/mol. The van der Waals surface area contributed by atoms with Gasteiger partial charge in [-0.05, 0) is 42.3 Å². The highest BCUT2D eigenvalue weighted by atomic mass is 32.2. The molecule has 0 aromatic heterocycles. The minimum Gasteiger partial charge on any atom is -0.456 e. The Labute approximate surface area is 146 Å². The second kappa shape index (κ2) is 6.35. The molecule has 6 heteroatoms. The van der Waals surface area contributed by atoms with E-state index in [1.54, 1.807) is 32.0 Å². The van der Waals surface area contributed by atoms with Crippen LogP contribution in [0.15, 0.2) is 35.2 Å². The van der Waals surface area contributed by atoms with Crippen molar-refractivity contribution >= 4 is 21.0 Å². The van der Waals surface area contributed by atoms with Crippen molar-refractivity contribution in [2.75, 3.05) is 6.16 Å². The molecule has 3 atom stereocenters. The van der Waals surface area contributed by atoms with Gasteiger partial charge in [-0.2, -0.15) is 5.26 Å². The van der Waals surface area contributed by atoms with Crippen LogP contribution >= 0.6 is 21.0 Å². The summed E-state index contributed by atoms with van der Waals surface area (Å²) in [6.45, 7) is 3.54. The maximum absolute atomic E-state index is 15.0. The zero-order valence-corrected chi connectivity index (χ0v) is 15.2. The number of nitriles is 1. The zero-order valence-electron chi connectivity index (χ0n) is 13.3. The predicted octanol–water partition coefficient (Wildman–Crippen LogP) is 5.55. The molecule has 3 rings (SSSR count). The summed E-state index contributed by atoms with van der Waals surface area (Å²) in [7, 11) is 2.43. The minimum atomic E-state index is -1.45. The topological polar surface area (TPSA) is 33.0 Å². The van der Waals surface area contributed by atoms with Gasteiger partial charge in [0.2, 0.25) is 0 Å². The van der Waals surface area contributed by atoms with Crippen molar-refractivity contribution in [1.82, 2.24) is 0 Å². The minimum absolute atomic E-state index is 0.275. The molecule has 3 unspecified atom stereocenters. The fraction of sp³-hybridized carbons (Fsp3) is 0.278. The highest BCUT2D eigenvalue weighted by Gasteiger charge is 2.46. The Morgan fingerprint density at radius 1 is 1.38 bits per heavy atom. The van der Waals surface area contributed by atoms with Crippen LogP contribution in [0.5, 0.6) is 11.5 Å². The van der Waals surface area contributed by atoms with Gasteiger partial charge in [0.25, 0.3) is 0 Å². The third kappa shape index (κ3) is 2.90. The summed E-state index contributed by atoms with van der Waals surface area (Å²) in [4.78, 5) is 0.756. The lowest BCUT2D eigenvalue weighted by Crippen LogP contribution is -2.23. The normalized spacial score (nSPS) is 22.1. The van der Waals surface area contributed by atoms with Gasteiger partial charge in [-0.1, -0.05) is 18.7 Å². The van der Waals surface area contributed by atoms with Gasteiger partial charge < -0.3 is 4.74 Å². The van der Waals surface area contributed by atoms with Crippen molar-refractivity contribution in [3.05, 3.63) is 52.8 Å². The first-order valence-corrected chi connectivity index (χ1v) is 9.11. The standard InChI is InChI=1S/C18H16F2NOPS/c1-10-5-12(19)7-13(6-10)22-15-3-4-16-17(14(15)8-21)11(2)18(20,9-23)24-16/h3-7,11H,9,23H2,1-2H3. The molecule has 1 aliphatic rings. The van der Waals surface area contributed by atoms with E-state index in [0.29, 0.717) is 22.6 Å². The van der Waals surface area contributed by atoms with Gasteiger partial charge in [-0.15, -0.1) is 9.24 Å². The van der Waals surface area contributed by atoms with Crippen molar-refractivity contribution < 1.29 is 13.5 Å². The molecule has 124 valence electrons. The SMILES string of the molecule is Cc1cc(F)cc(Oc2ccc3c(c2C#N)C(C)C(F)(CP)S3)c1. The number of aryl methyl sites for hydroxylation is 1. The molecule has 0 spiro atoms. The van der Waals surface area contributed by atoms with Crippen LogP contribution in [-0.2, 0) is 0 Å². The van der Waals surface area contributed by atoms with E-state index < -0.39 is 16.7 Å². The lowest BCUT2D eigenvalue weighted by Gasteiger charge is -2.22. The Kier molecular flexibility index (Phi) is 4.55. The number of nitrogens with zero attached hydrogens (tertiary/aromatic N) is 1. The predicted molar refractivity (Wildman–Crippen MR) is 95.1 cm³/mol. The van der Waals surface area contributed by atoms with E-state index in [1.165, 1.54) is 12.1 Å². The van der Waals surface area contributed by atoms with Crippen LogP contribution in [0.25, 0.3) is 0 Å². The summed E-state index contributed by atoms with van der Waals surface area (Å²) in [5, 5.41) is 8.14. The molecule has 2 nitrogen and oxygen atoms in total. The molecule has 0 saturated heterocycles. The van der Waals surface area contributed by atoms with E-state index in [9.17, 15) is 14.0 Å². The van der Waals surface area contributed by atoms with E-state index >= 15 is 0 Å². The largest absolute Gasteiger partial charge is 0.456 e. The summed E-state index contributed by atoms with van der Waals surface area (Å²) < 4.78 is 34.2. The number of alkyl halides is 1. The number of hydrogen-bond donors (Lipinski definition) is 0. The van der Waals surface area contributed by atoms with Gasteiger partial charge in [0, 0.05) is 23.0 Å². The van der Waals surface area contributed by atoms with E-state index in [2.05, 4.69) is 15.3 Å². The summed E-state index contributed by atoms with van der Waals surface area (Å²) >= 11 is 1.14. The van der Waals surface area contributed by atoms with Gasteiger partial charge in [0.05, 0.1) is 5.56 Å². The van der Waals surface area contributed by atoms with Gasteiger partial charge in [-0.25, -0.2) is 8.78 Å². The monoisotopic (exact) mass is 363 g/mol. The Bertz CT molecular complexity index is 831. The van der Waals surface area contributed by atoms with Crippen molar-refractivity contribution in [3.63, 3.8) is 0 Å².